The highest BCUT2D eigenvalue weighted by atomic mass is 35.5. The van der Waals surface area contributed by atoms with Crippen molar-refractivity contribution >= 4 is 27.6 Å². The summed E-state index contributed by atoms with van der Waals surface area (Å²) < 4.78 is 36.0. The van der Waals surface area contributed by atoms with Crippen molar-refractivity contribution in [1.82, 2.24) is 24.6 Å². The van der Waals surface area contributed by atoms with E-state index in [4.69, 9.17) is 16.3 Å². The Morgan fingerprint density at radius 1 is 1.08 bits per heavy atom. The lowest BCUT2D eigenvalue weighted by Crippen LogP contribution is -2.54. The summed E-state index contributed by atoms with van der Waals surface area (Å²) in [7, 11) is -2.27. The number of nitrogens with one attached hydrogen (secondary N) is 1. The van der Waals surface area contributed by atoms with Crippen molar-refractivity contribution in [3.8, 4) is 17.1 Å². The van der Waals surface area contributed by atoms with Crippen LogP contribution in [-0.2, 0) is 23.5 Å². The topological polar surface area (TPSA) is 102 Å². The van der Waals surface area contributed by atoms with Crippen LogP contribution in [0.1, 0.15) is 16.7 Å². The third kappa shape index (κ3) is 5.98. The maximum absolute atomic E-state index is 12.9. The molecule has 2 aromatic carbocycles. The zero-order chi connectivity index (χ0) is 26.9. The molecule has 0 unspecified atom stereocenters. The Morgan fingerprint density at radius 3 is 2.45 bits per heavy atom. The number of hydrogen-bond donors (Lipinski definition) is 1. The van der Waals surface area contributed by atoms with Crippen LogP contribution in [0.2, 0.25) is 5.02 Å². The molecule has 4 aromatic rings. The standard InChI is InChI=1S/C27H29ClN6O3S/c1-18-5-4-6-19(2)26(18)24-13-25(31-27(30-24)32-38(35,36)23-14-29-33(3)17-23)37-22-15-34(16-22)12-11-20-7-9-21(28)10-8-20/h4-10,13-14,17,22H,11-12,15-16H2,1-3H3,(H,30,31,32). The molecule has 0 bridgehead atoms. The number of aromatic nitrogens is 4. The van der Waals surface area contributed by atoms with Gasteiger partial charge in [0.1, 0.15) is 11.0 Å². The minimum Gasteiger partial charge on any atom is -0.471 e. The number of benzene rings is 2. The molecule has 3 heterocycles. The number of nitrogens with zero attached hydrogens (tertiary/aromatic N) is 5. The first-order valence-electron chi connectivity index (χ1n) is 12.3. The van der Waals surface area contributed by atoms with Crippen molar-refractivity contribution in [2.24, 2.45) is 7.05 Å². The van der Waals surface area contributed by atoms with E-state index in [0.29, 0.717) is 11.6 Å². The van der Waals surface area contributed by atoms with Crippen molar-refractivity contribution in [2.75, 3.05) is 24.4 Å². The number of likely N-dealkylation sites (tertiary alicyclic amines) is 1. The smallest absolute Gasteiger partial charge is 0.267 e. The van der Waals surface area contributed by atoms with E-state index in [9.17, 15) is 8.42 Å². The van der Waals surface area contributed by atoms with E-state index in [0.717, 1.165) is 47.8 Å². The number of ether oxygens (including phenoxy) is 1. The van der Waals surface area contributed by atoms with Crippen molar-refractivity contribution in [3.05, 3.63) is 82.6 Å². The van der Waals surface area contributed by atoms with Gasteiger partial charge in [0.2, 0.25) is 11.8 Å². The maximum atomic E-state index is 12.9. The fourth-order valence-electron chi connectivity index (χ4n) is 4.48. The summed E-state index contributed by atoms with van der Waals surface area (Å²) in [4.78, 5) is 11.3. The van der Waals surface area contributed by atoms with E-state index in [1.54, 1.807) is 13.1 Å². The molecule has 0 spiro atoms. The molecule has 0 saturated carbocycles. The van der Waals surface area contributed by atoms with Crippen LogP contribution in [0.4, 0.5) is 5.95 Å². The normalized spacial score (nSPS) is 14.3. The van der Waals surface area contributed by atoms with Gasteiger partial charge in [-0.15, -0.1) is 0 Å². The quantitative estimate of drug-likeness (QED) is 0.331. The fraction of sp³-hybridized carbons (Fsp3) is 0.296. The van der Waals surface area contributed by atoms with Crippen molar-refractivity contribution in [1.29, 1.82) is 0 Å². The predicted molar refractivity (Wildman–Crippen MR) is 147 cm³/mol. The van der Waals surface area contributed by atoms with Gasteiger partial charge < -0.3 is 4.74 Å². The minimum atomic E-state index is -3.92. The summed E-state index contributed by atoms with van der Waals surface area (Å²) in [5.74, 6) is 0.270. The molecule has 5 rings (SSSR count). The first-order chi connectivity index (χ1) is 18.2. The number of halogens is 1. The summed E-state index contributed by atoms with van der Waals surface area (Å²) in [6, 6.07) is 15.6. The number of aryl methyl sites for hydroxylation is 3. The monoisotopic (exact) mass is 552 g/mol. The SMILES string of the molecule is Cc1cccc(C)c1-c1cc(OC2CN(CCc3ccc(Cl)cc3)C2)nc(NS(=O)(=O)c2cnn(C)c2)n1. The second-order valence-corrected chi connectivity index (χ2v) is 11.6. The van der Waals surface area contributed by atoms with Crippen molar-refractivity contribution < 1.29 is 13.2 Å². The number of hydrogen-bond acceptors (Lipinski definition) is 7. The molecule has 11 heteroatoms. The molecule has 0 aliphatic carbocycles. The highest BCUT2D eigenvalue weighted by molar-refractivity contribution is 7.92. The third-order valence-electron chi connectivity index (χ3n) is 6.50. The highest BCUT2D eigenvalue weighted by Crippen LogP contribution is 2.30. The van der Waals surface area contributed by atoms with E-state index < -0.39 is 10.0 Å². The lowest BCUT2D eigenvalue weighted by Gasteiger charge is -2.38. The van der Waals surface area contributed by atoms with E-state index in [2.05, 4.69) is 24.7 Å². The van der Waals surface area contributed by atoms with Crippen LogP contribution in [0.3, 0.4) is 0 Å². The van der Waals surface area contributed by atoms with E-state index >= 15 is 0 Å². The average Bonchev–Trinajstić information content (AvgIpc) is 3.28. The van der Waals surface area contributed by atoms with Gasteiger partial charge in [-0.25, -0.2) is 18.1 Å². The molecule has 1 saturated heterocycles. The van der Waals surface area contributed by atoms with Crippen LogP contribution in [0.5, 0.6) is 5.88 Å². The van der Waals surface area contributed by atoms with Gasteiger partial charge in [0, 0.05) is 49.5 Å². The fourth-order valence-corrected chi connectivity index (χ4v) is 5.54. The molecule has 1 fully saturated rings. The van der Waals surface area contributed by atoms with Gasteiger partial charge in [0.15, 0.2) is 0 Å². The first kappa shape index (κ1) is 26.1. The van der Waals surface area contributed by atoms with Gasteiger partial charge in [-0.2, -0.15) is 10.1 Å². The highest BCUT2D eigenvalue weighted by Gasteiger charge is 2.29. The third-order valence-corrected chi connectivity index (χ3v) is 8.03. The molecular formula is C27H29ClN6O3S. The van der Waals surface area contributed by atoms with Crippen LogP contribution in [0.15, 0.2) is 65.8 Å². The zero-order valence-corrected chi connectivity index (χ0v) is 23.0. The molecule has 1 aliphatic rings. The van der Waals surface area contributed by atoms with Crippen LogP contribution in [0.25, 0.3) is 11.3 Å². The Morgan fingerprint density at radius 2 is 1.79 bits per heavy atom. The molecule has 0 atom stereocenters. The Labute approximate surface area is 227 Å². The maximum Gasteiger partial charge on any atom is 0.267 e. The Kier molecular flexibility index (Phi) is 7.38. The van der Waals surface area contributed by atoms with Crippen LogP contribution in [-0.4, -0.2) is 58.8 Å². The summed E-state index contributed by atoms with van der Waals surface area (Å²) in [6.45, 7) is 6.42. The molecule has 0 amide bonds. The van der Waals surface area contributed by atoms with E-state index in [1.165, 1.54) is 22.6 Å². The van der Waals surface area contributed by atoms with E-state index in [1.807, 2.05) is 56.3 Å². The van der Waals surface area contributed by atoms with Gasteiger partial charge in [0.25, 0.3) is 10.0 Å². The van der Waals surface area contributed by atoms with Crippen LogP contribution in [0, 0.1) is 13.8 Å². The van der Waals surface area contributed by atoms with E-state index in [-0.39, 0.29) is 16.9 Å². The molecular weight excluding hydrogens is 524 g/mol. The van der Waals surface area contributed by atoms with Gasteiger partial charge >= 0.3 is 0 Å². The van der Waals surface area contributed by atoms with Crippen molar-refractivity contribution in [2.45, 2.75) is 31.3 Å². The largest absolute Gasteiger partial charge is 0.471 e. The van der Waals surface area contributed by atoms with Gasteiger partial charge in [-0.1, -0.05) is 41.9 Å². The second kappa shape index (κ2) is 10.7. The summed E-state index contributed by atoms with van der Waals surface area (Å²) in [5.41, 5.74) is 4.78. The number of sulfonamides is 1. The molecule has 1 aliphatic heterocycles. The number of anilines is 1. The second-order valence-electron chi connectivity index (χ2n) is 9.51. The van der Waals surface area contributed by atoms with Crippen LogP contribution < -0.4 is 9.46 Å². The first-order valence-corrected chi connectivity index (χ1v) is 14.1. The molecule has 0 radical (unpaired) electrons. The molecule has 2 aromatic heterocycles. The van der Waals surface area contributed by atoms with Crippen LogP contribution >= 0.6 is 11.6 Å². The Bertz CT molecular complexity index is 1530. The molecule has 38 heavy (non-hydrogen) atoms. The predicted octanol–water partition coefficient (Wildman–Crippen LogP) is 4.25. The summed E-state index contributed by atoms with van der Waals surface area (Å²) >= 11 is 5.98. The van der Waals surface area contributed by atoms with Gasteiger partial charge in [0.05, 0.1) is 11.9 Å². The Hall–Kier alpha value is -3.47. The molecule has 1 N–H and O–H groups in total. The average molecular weight is 553 g/mol. The lowest BCUT2D eigenvalue weighted by molar-refractivity contribution is 0.0181. The van der Waals surface area contributed by atoms with Gasteiger partial charge in [-0.05, 0) is 49.1 Å². The lowest BCUT2D eigenvalue weighted by atomic mass is 10.00. The van der Waals surface area contributed by atoms with Crippen molar-refractivity contribution in [3.63, 3.8) is 0 Å². The Balaban J connectivity index is 1.33. The summed E-state index contributed by atoms with van der Waals surface area (Å²) in [5, 5.41) is 4.69. The summed E-state index contributed by atoms with van der Waals surface area (Å²) in [6.07, 6.45) is 3.57. The zero-order valence-electron chi connectivity index (χ0n) is 21.4. The minimum absolute atomic E-state index is 0.0267. The number of rotatable bonds is 9. The molecule has 198 valence electrons. The molecule has 9 nitrogen and oxygen atoms in total. The van der Waals surface area contributed by atoms with Gasteiger partial charge in [-0.3, -0.25) is 9.58 Å².